The van der Waals surface area contributed by atoms with Gasteiger partial charge in [-0.25, -0.2) is 0 Å². The fourth-order valence-corrected chi connectivity index (χ4v) is 3.73. The average Bonchev–Trinajstić information content (AvgIpc) is 3.19. The molecule has 1 N–H and O–H groups in total. The van der Waals surface area contributed by atoms with E-state index in [1.54, 1.807) is 24.3 Å². The van der Waals surface area contributed by atoms with Crippen LogP contribution in [0.25, 0.3) is 0 Å². The van der Waals surface area contributed by atoms with Crippen LogP contribution in [0.4, 0.5) is 0 Å². The predicted molar refractivity (Wildman–Crippen MR) is 79.1 cm³/mol. The number of nitrogens with one attached hydrogen (secondary N) is 1. The largest absolute Gasteiger partial charge is 0.351 e. The molecule has 3 amide bonds. The van der Waals surface area contributed by atoms with Crippen LogP contribution in [0.2, 0.25) is 0 Å². The van der Waals surface area contributed by atoms with E-state index in [0.717, 1.165) is 17.7 Å². The van der Waals surface area contributed by atoms with Crippen LogP contribution in [0.15, 0.2) is 36.4 Å². The van der Waals surface area contributed by atoms with Gasteiger partial charge < -0.3 is 5.32 Å². The van der Waals surface area contributed by atoms with Gasteiger partial charge in [0.2, 0.25) is 5.91 Å². The highest BCUT2D eigenvalue weighted by molar-refractivity contribution is 6.22. The lowest BCUT2D eigenvalue weighted by Gasteiger charge is -2.21. The zero-order valence-electron chi connectivity index (χ0n) is 12.0. The smallest absolute Gasteiger partial charge is 0.262 e. The number of carbonyl (C=O) groups excluding carboxylic acids is 3. The highest BCUT2D eigenvalue weighted by atomic mass is 16.2. The molecule has 0 aromatic heterocycles. The molecule has 5 heteroatoms. The highest BCUT2D eigenvalue weighted by Crippen LogP contribution is 2.38. The van der Waals surface area contributed by atoms with Gasteiger partial charge in [0, 0.05) is 6.04 Å². The molecule has 1 saturated carbocycles. The van der Waals surface area contributed by atoms with E-state index in [1.807, 2.05) is 0 Å². The molecule has 22 heavy (non-hydrogen) atoms. The molecular weight excluding hydrogens is 280 g/mol. The Morgan fingerprint density at radius 2 is 1.77 bits per heavy atom. The summed E-state index contributed by atoms with van der Waals surface area (Å²) in [4.78, 5) is 37.7. The number of amides is 3. The monoisotopic (exact) mass is 296 g/mol. The first-order valence-corrected chi connectivity index (χ1v) is 7.56. The lowest BCUT2D eigenvalue weighted by molar-refractivity contribution is -0.122. The average molecular weight is 296 g/mol. The summed E-state index contributed by atoms with van der Waals surface area (Å²) >= 11 is 0. The van der Waals surface area contributed by atoms with Gasteiger partial charge in [-0.05, 0) is 36.8 Å². The van der Waals surface area contributed by atoms with Gasteiger partial charge >= 0.3 is 0 Å². The van der Waals surface area contributed by atoms with Gasteiger partial charge in [-0.1, -0.05) is 24.3 Å². The summed E-state index contributed by atoms with van der Waals surface area (Å²) in [6.45, 7) is -0.204. The first-order valence-electron chi connectivity index (χ1n) is 7.56. The van der Waals surface area contributed by atoms with Crippen LogP contribution in [0, 0.1) is 11.8 Å². The molecule has 1 aliphatic heterocycles. The lowest BCUT2D eigenvalue weighted by Crippen LogP contribution is -2.45. The van der Waals surface area contributed by atoms with E-state index >= 15 is 0 Å². The van der Waals surface area contributed by atoms with E-state index in [-0.39, 0.29) is 30.3 Å². The summed E-state index contributed by atoms with van der Waals surface area (Å²) < 4.78 is 0. The van der Waals surface area contributed by atoms with Crippen molar-refractivity contribution in [3.8, 4) is 0 Å². The number of rotatable bonds is 3. The molecule has 3 unspecified atom stereocenters. The second kappa shape index (κ2) is 4.80. The van der Waals surface area contributed by atoms with Crippen molar-refractivity contribution >= 4 is 17.7 Å². The zero-order valence-corrected chi connectivity index (χ0v) is 12.0. The number of hydrogen-bond acceptors (Lipinski definition) is 3. The van der Waals surface area contributed by atoms with Gasteiger partial charge in [-0.2, -0.15) is 0 Å². The molecule has 3 aliphatic rings. The number of benzene rings is 1. The van der Waals surface area contributed by atoms with Crippen molar-refractivity contribution < 1.29 is 14.4 Å². The third kappa shape index (κ3) is 1.96. The van der Waals surface area contributed by atoms with E-state index in [0.29, 0.717) is 23.0 Å². The number of fused-ring (bicyclic) bond motifs is 3. The number of nitrogens with zero attached hydrogens (tertiary/aromatic N) is 1. The summed E-state index contributed by atoms with van der Waals surface area (Å²) in [7, 11) is 0. The predicted octanol–water partition coefficient (Wildman–Crippen LogP) is 1.36. The molecular formula is C17H16N2O3. The van der Waals surface area contributed by atoms with E-state index in [9.17, 15) is 14.4 Å². The van der Waals surface area contributed by atoms with Crippen molar-refractivity contribution in [2.24, 2.45) is 11.8 Å². The first-order chi connectivity index (χ1) is 10.6. The number of imide groups is 1. The summed E-state index contributed by atoms with van der Waals surface area (Å²) in [5, 5.41) is 2.97. The molecule has 3 atom stereocenters. The molecule has 1 aromatic carbocycles. The van der Waals surface area contributed by atoms with Crippen LogP contribution in [0.1, 0.15) is 33.6 Å². The fraction of sp³-hybridized carbons (Fsp3) is 0.353. The Labute approximate surface area is 128 Å². The van der Waals surface area contributed by atoms with Crippen molar-refractivity contribution in [2.75, 3.05) is 6.54 Å². The van der Waals surface area contributed by atoms with Crippen LogP contribution in [0.5, 0.6) is 0 Å². The van der Waals surface area contributed by atoms with Gasteiger partial charge in [-0.3, -0.25) is 19.3 Å². The highest BCUT2D eigenvalue weighted by Gasteiger charge is 2.39. The second-order valence-corrected chi connectivity index (χ2v) is 6.20. The third-order valence-electron chi connectivity index (χ3n) is 4.81. The summed E-state index contributed by atoms with van der Waals surface area (Å²) in [5.74, 6) is -0.0710. The molecule has 4 rings (SSSR count). The lowest BCUT2D eigenvalue weighted by atomic mass is 10.0. The Hall–Kier alpha value is -2.43. The molecule has 5 nitrogen and oxygen atoms in total. The Balaban J connectivity index is 1.44. The number of hydrogen-bond donors (Lipinski definition) is 1. The van der Waals surface area contributed by atoms with Crippen LogP contribution >= 0.6 is 0 Å². The normalized spacial score (nSPS) is 28.4. The molecule has 1 fully saturated rings. The van der Waals surface area contributed by atoms with Gasteiger partial charge in [0.25, 0.3) is 11.8 Å². The fourth-order valence-electron chi connectivity index (χ4n) is 3.73. The quantitative estimate of drug-likeness (QED) is 0.676. The summed E-state index contributed by atoms with van der Waals surface area (Å²) in [5.41, 5.74) is 0.756. The Bertz CT molecular complexity index is 675. The van der Waals surface area contributed by atoms with E-state index < -0.39 is 0 Å². The Morgan fingerprint density at radius 1 is 1.09 bits per heavy atom. The second-order valence-electron chi connectivity index (χ2n) is 6.20. The molecule has 1 heterocycles. The topological polar surface area (TPSA) is 66.5 Å². The van der Waals surface area contributed by atoms with Crippen molar-refractivity contribution in [3.63, 3.8) is 0 Å². The standard InChI is InChI=1S/C17H16N2O3/c20-15(18-14-8-10-5-6-11(14)7-10)9-19-16(21)12-3-1-2-4-13(12)17(19)22/h1-6,10-11,14H,7-9H2,(H,18,20). The van der Waals surface area contributed by atoms with Crippen molar-refractivity contribution in [1.29, 1.82) is 0 Å². The minimum absolute atomic E-state index is 0.137. The number of carbonyl (C=O) groups is 3. The van der Waals surface area contributed by atoms with Crippen molar-refractivity contribution in [3.05, 3.63) is 47.5 Å². The maximum absolute atomic E-state index is 12.2. The SMILES string of the molecule is O=C(CN1C(=O)c2ccccc2C1=O)NC1CC2C=CC1C2. The molecule has 0 radical (unpaired) electrons. The molecule has 2 aliphatic carbocycles. The van der Waals surface area contributed by atoms with Crippen LogP contribution < -0.4 is 5.32 Å². The molecule has 0 spiro atoms. The van der Waals surface area contributed by atoms with E-state index in [4.69, 9.17) is 0 Å². The first kappa shape index (κ1) is 13.2. The van der Waals surface area contributed by atoms with Crippen LogP contribution in [-0.4, -0.2) is 35.2 Å². The maximum Gasteiger partial charge on any atom is 0.262 e. The van der Waals surface area contributed by atoms with Crippen LogP contribution in [0.3, 0.4) is 0 Å². The van der Waals surface area contributed by atoms with Gasteiger partial charge in [-0.15, -0.1) is 0 Å². The Morgan fingerprint density at radius 3 is 2.32 bits per heavy atom. The minimum atomic E-state index is -0.386. The van der Waals surface area contributed by atoms with E-state index in [2.05, 4.69) is 17.5 Å². The molecule has 0 saturated heterocycles. The van der Waals surface area contributed by atoms with Gasteiger partial charge in [0.15, 0.2) is 0 Å². The van der Waals surface area contributed by atoms with Gasteiger partial charge in [0.1, 0.15) is 6.54 Å². The third-order valence-corrected chi connectivity index (χ3v) is 4.81. The van der Waals surface area contributed by atoms with Gasteiger partial charge in [0.05, 0.1) is 11.1 Å². The Kier molecular flexibility index (Phi) is 2.89. The van der Waals surface area contributed by atoms with Crippen molar-refractivity contribution in [1.82, 2.24) is 10.2 Å². The molecule has 1 aromatic rings. The molecule has 2 bridgehead atoms. The number of allylic oxidation sites excluding steroid dienone is 1. The molecule has 112 valence electrons. The van der Waals surface area contributed by atoms with E-state index in [1.165, 1.54) is 0 Å². The van der Waals surface area contributed by atoms with Crippen molar-refractivity contribution in [2.45, 2.75) is 18.9 Å². The summed E-state index contributed by atoms with van der Waals surface area (Å²) in [6, 6.07) is 6.81. The zero-order chi connectivity index (χ0) is 15.3. The van der Waals surface area contributed by atoms with Crippen LogP contribution in [-0.2, 0) is 4.79 Å². The minimum Gasteiger partial charge on any atom is -0.351 e. The maximum atomic E-state index is 12.2. The summed E-state index contributed by atoms with van der Waals surface area (Å²) in [6.07, 6.45) is 6.41.